The van der Waals surface area contributed by atoms with Crippen LogP contribution in [0.5, 0.6) is 0 Å². The lowest BCUT2D eigenvalue weighted by Gasteiger charge is -2.29. The van der Waals surface area contributed by atoms with Crippen LogP contribution in [0.25, 0.3) is 0 Å². The molecule has 0 fully saturated rings. The van der Waals surface area contributed by atoms with Gasteiger partial charge in [0, 0.05) is 36.8 Å². The van der Waals surface area contributed by atoms with Crippen molar-refractivity contribution in [1.82, 2.24) is 14.7 Å². The van der Waals surface area contributed by atoms with E-state index in [2.05, 4.69) is 16.0 Å². The summed E-state index contributed by atoms with van der Waals surface area (Å²) in [6.07, 6.45) is 2.27. The van der Waals surface area contributed by atoms with Crippen molar-refractivity contribution in [2.45, 2.75) is 24.3 Å². The minimum atomic E-state index is -4.57. The van der Waals surface area contributed by atoms with Gasteiger partial charge in [0.1, 0.15) is 0 Å². The van der Waals surface area contributed by atoms with E-state index in [4.69, 9.17) is 11.6 Å². The molecule has 198 valence electrons. The van der Waals surface area contributed by atoms with E-state index in [0.29, 0.717) is 24.1 Å². The highest BCUT2D eigenvalue weighted by atomic mass is 35.5. The number of amides is 1. The highest BCUT2D eigenvalue weighted by molar-refractivity contribution is 7.90. The molecule has 1 N–H and O–H groups in total. The van der Waals surface area contributed by atoms with Gasteiger partial charge in [-0.05, 0) is 41.3 Å². The number of carbonyl (C=O) groups is 1. The number of nitrogens with one attached hydrogen (secondary N) is 1. The molecule has 2 heterocycles. The van der Waals surface area contributed by atoms with Gasteiger partial charge in [0.25, 0.3) is 21.6 Å². The highest BCUT2D eigenvalue weighted by Gasteiger charge is 2.29. The van der Waals surface area contributed by atoms with Crippen LogP contribution in [0.15, 0.2) is 83.9 Å². The van der Waals surface area contributed by atoms with Gasteiger partial charge in [-0.25, -0.2) is 23.1 Å². The quantitative estimate of drug-likeness (QED) is 0.259. The summed E-state index contributed by atoms with van der Waals surface area (Å²) in [6.45, 7) is 1.26. The third-order valence-corrected chi connectivity index (χ3v) is 7.97. The normalized spacial score (nSPS) is 13.0. The summed E-state index contributed by atoms with van der Waals surface area (Å²) in [5.41, 5.74) is 2.74. The molecular weight excluding hydrogens is 542 g/mol. The molecule has 0 saturated heterocycles. The van der Waals surface area contributed by atoms with Crippen LogP contribution in [-0.2, 0) is 29.4 Å². The Kier molecular flexibility index (Phi) is 7.27. The van der Waals surface area contributed by atoms with E-state index in [9.17, 15) is 23.3 Å². The maximum atomic E-state index is 13.3. The molecule has 39 heavy (non-hydrogen) atoms. The van der Waals surface area contributed by atoms with Crippen molar-refractivity contribution >= 4 is 39.2 Å². The van der Waals surface area contributed by atoms with E-state index < -0.39 is 31.4 Å². The maximum absolute atomic E-state index is 13.3. The van der Waals surface area contributed by atoms with E-state index in [1.807, 2.05) is 33.9 Å². The van der Waals surface area contributed by atoms with Crippen molar-refractivity contribution in [3.63, 3.8) is 0 Å². The van der Waals surface area contributed by atoms with Crippen LogP contribution in [-0.4, -0.2) is 35.8 Å². The first kappa shape index (κ1) is 26.3. The molecule has 10 nitrogen and oxygen atoms in total. The Morgan fingerprint density at radius 3 is 2.56 bits per heavy atom. The zero-order chi connectivity index (χ0) is 27.6. The van der Waals surface area contributed by atoms with E-state index in [1.165, 1.54) is 23.9 Å². The second kappa shape index (κ2) is 10.8. The number of sulfonamides is 1. The summed E-state index contributed by atoms with van der Waals surface area (Å²) in [6, 6.07) is 19.9. The van der Waals surface area contributed by atoms with Crippen molar-refractivity contribution in [1.29, 1.82) is 0 Å². The lowest BCUT2D eigenvalue weighted by Crippen LogP contribution is -2.34. The molecule has 0 bridgehead atoms. The first-order valence-electron chi connectivity index (χ1n) is 11.9. The third kappa shape index (κ3) is 5.74. The van der Waals surface area contributed by atoms with Crippen molar-refractivity contribution < 1.29 is 18.1 Å². The van der Waals surface area contributed by atoms with Crippen molar-refractivity contribution in [2.75, 3.05) is 11.4 Å². The SMILES string of the molecule is O=C(NS(=O)(=O)c1ccccc1[N+](=O)[O-])c1cnc(N2CCc3ccccc3C2)nc1Cc1cccc(Cl)c1. The number of aromatic nitrogens is 2. The fourth-order valence-corrected chi connectivity index (χ4v) is 5.81. The van der Waals surface area contributed by atoms with Gasteiger partial charge in [0.15, 0.2) is 4.90 Å². The molecular formula is C27H22ClN5O5S. The Morgan fingerprint density at radius 2 is 1.79 bits per heavy atom. The maximum Gasteiger partial charge on any atom is 0.289 e. The van der Waals surface area contributed by atoms with Crippen LogP contribution >= 0.6 is 11.6 Å². The third-order valence-electron chi connectivity index (χ3n) is 6.35. The van der Waals surface area contributed by atoms with Crippen molar-refractivity contribution in [2.24, 2.45) is 0 Å². The number of anilines is 1. The molecule has 12 heteroatoms. The van der Waals surface area contributed by atoms with Crippen LogP contribution in [0.1, 0.15) is 32.7 Å². The van der Waals surface area contributed by atoms with Crippen molar-refractivity contribution in [3.05, 3.63) is 122 Å². The predicted molar refractivity (Wildman–Crippen MR) is 145 cm³/mol. The monoisotopic (exact) mass is 563 g/mol. The minimum Gasteiger partial charge on any atom is -0.336 e. The Bertz CT molecular complexity index is 1700. The number of halogens is 1. The van der Waals surface area contributed by atoms with Crippen LogP contribution in [0, 0.1) is 10.1 Å². The lowest BCUT2D eigenvalue weighted by molar-refractivity contribution is -0.387. The number of carbonyl (C=O) groups excluding carboxylic acids is 1. The van der Waals surface area contributed by atoms with E-state index >= 15 is 0 Å². The van der Waals surface area contributed by atoms with Gasteiger partial charge in [-0.3, -0.25) is 14.9 Å². The molecule has 0 radical (unpaired) electrons. The molecule has 1 amide bonds. The highest BCUT2D eigenvalue weighted by Crippen LogP contribution is 2.26. The van der Waals surface area contributed by atoms with Gasteiger partial charge in [0.2, 0.25) is 5.95 Å². The Morgan fingerprint density at radius 1 is 1.05 bits per heavy atom. The molecule has 0 spiro atoms. The predicted octanol–water partition coefficient (Wildman–Crippen LogP) is 4.31. The first-order chi connectivity index (χ1) is 18.7. The van der Waals surface area contributed by atoms with Crippen molar-refractivity contribution in [3.8, 4) is 0 Å². The number of nitro groups is 1. The number of benzene rings is 3. The van der Waals surface area contributed by atoms with Crippen LogP contribution in [0.4, 0.5) is 11.6 Å². The number of hydrogen-bond donors (Lipinski definition) is 1. The second-order valence-corrected chi connectivity index (χ2v) is 11.0. The Labute approximate surface area is 229 Å². The zero-order valence-corrected chi connectivity index (χ0v) is 22.0. The van der Waals surface area contributed by atoms with Gasteiger partial charge >= 0.3 is 0 Å². The average molecular weight is 564 g/mol. The summed E-state index contributed by atoms with van der Waals surface area (Å²) < 4.78 is 27.9. The van der Waals surface area contributed by atoms with Gasteiger partial charge in [-0.1, -0.05) is 60.1 Å². The Balaban J connectivity index is 1.49. The lowest BCUT2D eigenvalue weighted by atomic mass is 10.0. The number of fused-ring (bicyclic) bond motifs is 1. The van der Waals surface area contributed by atoms with Gasteiger partial charge in [-0.15, -0.1) is 0 Å². The van der Waals surface area contributed by atoms with Gasteiger partial charge in [-0.2, -0.15) is 0 Å². The molecule has 1 aromatic heterocycles. The molecule has 4 aromatic rings. The molecule has 3 aromatic carbocycles. The van der Waals surface area contributed by atoms with Crippen LogP contribution in [0.3, 0.4) is 0 Å². The fraction of sp³-hybridized carbons (Fsp3) is 0.148. The zero-order valence-electron chi connectivity index (χ0n) is 20.5. The molecule has 0 saturated carbocycles. The number of hydrogen-bond acceptors (Lipinski definition) is 8. The average Bonchev–Trinajstić information content (AvgIpc) is 2.92. The van der Waals surface area contributed by atoms with Crippen LogP contribution in [0.2, 0.25) is 5.02 Å². The molecule has 0 unspecified atom stereocenters. The van der Waals surface area contributed by atoms with E-state index in [0.717, 1.165) is 29.7 Å². The summed E-state index contributed by atoms with van der Waals surface area (Å²) in [5, 5.41) is 11.9. The summed E-state index contributed by atoms with van der Waals surface area (Å²) in [4.78, 5) is 34.2. The minimum absolute atomic E-state index is 0.0710. The molecule has 1 aliphatic heterocycles. The standard InChI is InChI=1S/C27H22ClN5O5S/c28-21-9-5-6-18(14-21)15-23-22(26(34)31-39(37,38)25-11-4-3-10-24(25)33(35)36)16-29-27(30-23)32-13-12-19-7-1-2-8-20(19)17-32/h1-11,14,16H,12-13,15,17H2,(H,31,34). The number of nitro benzene ring substituents is 1. The second-order valence-electron chi connectivity index (χ2n) is 8.94. The number of rotatable bonds is 7. The van der Waals surface area contributed by atoms with Gasteiger partial charge < -0.3 is 4.90 Å². The Hall–Kier alpha value is -4.35. The summed E-state index contributed by atoms with van der Waals surface area (Å²) >= 11 is 6.16. The molecule has 0 aliphatic carbocycles. The van der Waals surface area contributed by atoms with E-state index in [-0.39, 0.29) is 17.7 Å². The largest absolute Gasteiger partial charge is 0.336 e. The smallest absolute Gasteiger partial charge is 0.289 e. The first-order valence-corrected chi connectivity index (χ1v) is 13.8. The molecule has 5 rings (SSSR count). The van der Waals surface area contributed by atoms with Gasteiger partial charge in [0.05, 0.1) is 16.2 Å². The topological polar surface area (TPSA) is 135 Å². The number of nitrogens with zero attached hydrogens (tertiary/aromatic N) is 4. The van der Waals surface area contributed by atoms with E-state index in [1.54, 1.807) is 18.2 Å². The van der Waals surface area contributed by atoms with Crippen LogP contribution < -0.4 is 9.62 Å². The molecule has 1 aliphatic rings. The number of para-hydroxylation sites is 1. The summed E-state index contributed by atoms with van der Waals surface area (Å²) in [7, 11) is -4.57. The summed E-state index contributed by atoms with van der Waals surface area (Å²) in [5.74, 6) is -0.597. The fourth-order valence-electron chi connectivity index (χ4n) is 4.46. The molecule has 0 atom stereocenters.